The molecule has 2 fully saturated rings. The minimum atomic E-state index is -1.12. The molecular weight excluding hydrogens is 480 g/mol. The molecule has 5 heterocycles. The van der Waals surface area contributed by atoms with Gasteiger partial charge in [0.1, 0.15) is 11.9 Å². The Kier molecular flexibility index (Phi) is 6.41. The summed E-state index contributed by atoms with van der Waals surface area (Å²) < 4.78 is 5.45. The molecule has 2 aliphatic heterocycles. The van der Waals surface area contributed by atoms with E-state index in [1.807, 2.05) is 6.20 Å². The van der Waals surface area contributed by atoms with Crippen LogP contribution in [0.2, 0.25) is 0 Å². The van der Waals surface area contributed by atoms with Crippen LogP contribution in [-0.4, -0.2) is 88.2 Å². The summed E-state index contributed by atoms with van der Waals surface area (Å²) in [5, 5.41) is 10.0. The van der Waals surface area contributed by atoms with Gasteiger partial charge in [0.05, 0.1) is 5.56 Å². The number of hydrogen-bond donors (Lipinski definition) is 2. The van der Waals surface area contributed by atoms with Crippen LogP contribution in [0.4, 0.5) is 5.69 Å². The van der Waals surface area contributed by atoms with E-state index >= 15 is 0 Å². The highest BCUT2D eigenvalue weighted by Gasteiger charge is 2.27. The number of fused-ring (bicyclic) bond motifs is 1. The van der Waals surface area contributed by atoms with Gasteiger partial charge in [-0.3, -0.25) is 4.90 Å². The maximum atomic E-state index is 11.2. The van der Waals surface area contributed by atoms with Crippen LogP contribution in [0.15, 0.2) is 41.3 Å². The molecule has 3 aromatic heterocycles. The molecule has 6 rings (SSSR count). The second kappa shape index (κ2) is 9.89. The first-order valence-electron chi connectivity index (χ1n) is 13.3. The fraction of sp³-hybridized carbons (Fsp3) is 0.414. The Morgan fingerprint density at radius 3 is 2.39 bits per heavy atom. The van der Waals surface area contributed by atoms with Gasteiger partial charge in [-0.2, -0.15) is 0 Å². The van der Waals surface area contributed by atoms with Gasteiger partial charge in [-0.25, -0.2) is 14.8 Å². The molecule has 2 saturated heterocycles. The van der Waals surface area contributed by atoms with Gasteiger partial charge in [-0.05, 0) is 81.7 Å². The second-order valence-electron chi connectivity index (χ2n) is 10.7. The molecule has 0 spiro atoms. The fourth-order valence-corrected chi connectivity index (χ4v) is 6.13. The maximum Gasteiger partial charge on any atom is 0.357 e. The number of aromatic carboxylic acids is 1. The summed E-state index contributed by atoms with van der Waals surface area (Å²) in [6.07, 6.45) is 7.34. The smallest absolute Gasteiger partial charge is 0.357 e. The van der Waals surface area contributed by atoms with Crippen molar-refractivity contribution in [2.24, 2.45) is 0 Å². The molecule has 0 unspecified atom stereocenters. The van der Waals surface area contributed by atoms with E-state index in [2.05, 4.69) is 68.7 Å². The Bertz CT molecular complexity index is 1450. The first-order chi connectivity index (χ1) is 18.4. The van der Waals surface area contributed by atoms with Gasteiger partial charge in [0, 0.05) is 61.3 Å². The number of nitrogens with one attached hydrogen (secondary N) is 1. The zero-order valence-corrected chi connectivity index (χ0v) is 22.2. The number of piperidine rings is 1. The number of anilines is 1. The first-order valence-corrected chi connectivity index (χ1v) is 13.3. The molecule has 2 aliphatic rings. The molecule has 1 aromatic carbocycles. The number of piperazine rings is 1. The highest BCUT2D eigenvalue weighted by Crippen LogP contribution is 2.35. The standard InChI is InChI=1S/C29H34N6O3/c1-18-12-20(13-19(2)26(18)35-10-8-34(9-11-35)22-4-6-33(3)7-5-22)21-14-23-24(16-31-27(23)30-15-21)28-32-25(17-38-28)29(36)37/h12-17,22H,4-11H2,1-3H3,(H,30,31)(H,36,37). The molecule has 0 atom stereocenters. The Labute approximate surface area is 222 Å². The molecule has 9 heteroatoms. The second-order valence-corrected chi connectivity index (χ2v) is 10.7. The van der Waals surface area contributed by atoms with Crippen LogP contribution < -0.4 is 4.90 Å². The number of aryl methyl sites for hydroxylation is 2. The number of nitrogens with zero attached hydrogens (tertiary/aromatic N) is 5. The van der Waals surface area contributed by atoms with Gasteiger partial charge < -0.3 is 24.3 Å². The molecule has 38 heavy (non-hydrogen) atoms. The lowest BCUT2D eigenvalue weighted by atomic mass is 9.97. The van der Waals surface area contributed by atoms with Gasteiger partial charge in [-0.1, -0.05) is 0 Å². The third kappa shape index (κ3) is 4.56. The number of carbonyl (C=O) groups is 1. The molecular formula is C29H34N6O3. The van der Waals surface area contributed by atoms with Crippen molar-refractivity contribution in [2.45, 2.75) is 32.7 Å². The Balaban J connectivity index is 1.23. The summed E-state index contributed by atoms with van der Waals surface area (Å²) in [7, 11) is 2.22. The quantitative estimate of drug-likeness (QED) is 0.404. The SMILES string of the molecule is Cc1cc(-c2cnc3[nH]cc(-c4nc(C(=O)O)co4)c3c2)cc(C)c1N1CCN(C2CCN(C)CC2)CC1. The molecule has 9 nitrogen and oxygen atoms in total. The Morgan fingerprint density at radius 2 is 1.74 bits per heavy atom. The minimum absolute atomic E-state index is 0.118. The van der Waals surface area contributed by atoms with Crippen LogP contribution in [0, 0.1) is 13.8 Å². The van der Waals surface area contributed by atoms with E-state index < -0.39 is 5.97 Å². The number of carboxylic acid groups (broad SMARTS) is 1. The zero-order chi connectivity index (χ0) is 26.4. The summed E-state index contributed by atoms with van der Waals surface area (Å²) in [5.41, 5.74) is 7.24. The lowest BCUT2D eigenvalue weighted by Crippen LogP contribution is -2.53. The Morgan fingerprint density at radius 1 is 1.03 bits per heavy atom. The number of carboxylic acids is 1. The van der Waals surface area contributed by atoms with Gasteiger partial charge in [0.25, 0.3) is 0 Å². The zero-order valence-electron chi connectivity index (χ0n) is 22.2. The van der Waals surface area contributed by atoms with Crippen molar-refractivity contribution in [3.63, 3.8) is 0 Å². The number of hydrogen-bond acceptors (Lipinski definition) is 7. The van der Waals surface area contributed by atoms with E-state index in [0.29, 0.717) is 11.2 Å². The molecule has 0 aliphatic carbocycles. The number of aromatic nitrogens is 3. The predicted molar refractivity (Wildman–Crippen MR) is 148 cm³/mol. The molecule has 4 aromatic rings. The third-order valence-electron chi connectivity index (χ3n) is 8.14. The molecule has 198 valence electrons. The van der Waals surface area contributed by atoms with E-state index in [-0.39, 0.29) is 11.6 Å². The average Bonchev–Trinajstić information content (AvgIpc) is 3.56. The highest BCUT2D eigenvalue weighted by atomic mass is 16.4. The number of oxazole rings is 1. The van der Waals surface area contributed by atoms with Crippen LogP contribution in [0.25, 0.3) is 33.6 Å². The summed E-state index contributed by atoms with van der Waals surface area (Å²) in [5.74, 6) is -0.859. The van der Waals surface area contributed by atoms with Crippen molar-refractivity contribution in [3.05, 3.63) is 53.7 Å². The predicted octanol–water partition coefficient (Wildman–Crippen LogP) is 4.42. The number of rotatable bonds is 5. The fourth-order valence-electron chi connectivity index (χ4n) is 6.13. The normalized spacial score (nSPS) is 17.9. The van der Waals surface area contributed by atoms with Gasteiger partial charge in [0.2, 0.25) is 5.89 Å². The van der Waals surface area contributed by atoms with E-state index in [4.69, 9.17) is 4.42 Å². The van der Waals surface area contributed by atoms with Crippen LogP contribution in [0.3, 0.4) is 0 Å². The minimum Gasteiger partial charge on any atom is -0.476 e. The largest absolute Gasteiger partial charge is 0.476 e. The van der Waals surface area contributed by atoms with Crippen LogP contribution >= 0.6 is 0 Å². The van der Waals surface area contributed by atoms with Gasteiger partial charge >= 0.3 is 5.97 Å². The van der Waals surface area contributed by atoms with Crippen LogP contribution in [0.5, 0.6) is 0 Å². The monoisotopic (exact) mass is 514 g/mol. The summed E-state index contributed by atoms with van der Waals surface area (Å²) in [6.45, 7) is 11.2. The van der Waals surface area contributed by atoms with Crippen LogP contribution in [0.1, 0.15) is 34.5 Å². The lowest BCUT2D eigenvalue weighted by molar-refractivity contribution is 0.0690. The number of benzene rings is 1. The molecule has 2 N–H and O–H groups in total. The maximum absolute atomic E-state index is 11.2. The van der Waals surface area contributed by atoms with Crippen molar-refractivity contribution in [3.8, 4) is 22.6 Å². The molecule has 0 saturated carbocycles. The summed E-state index contributed by atoms with van der Waals surface area (Å²) in [6, 6.07) is 7.28. The van der Waals surface area contributed by atoms with Crippen molar-refractivity contribution in [2.75, 3.05) is 51.2 Å². The van der Waals surface area contributed by atoms with Crippen molar-refractivity contribution >= 4 is 22.7 Å². The van der Waals surface area contributed by atoms with Gasteiger partial charge in [-0.15, -0.1) is 0 Å². The third-order valence-corrected chi connectivity index (χ3v) is 8.14. The molecule has 0 bridgehead atoms. The van der Waals surface area contributed by atoms with Gasteiger partial charge in [0.15, 0.2) is 5.69 Å². The van der Waals surface area contributed by atoms with E-state index in [1.54, 1.807) is 6.20 Å². The topological polar surface area (TPSA) is 102 Å². The molecule has 0 amide bonds. The van der Waals surface area contributed by atoms with E-state index in [1.165, 1.54) is 42.7 Å². The number of likely N-dealkylation sites (tertiary alicyclic amines) is 1. The first kappa shape index (κ1) is 24.6. The summed E-state index contributed by atoms with van der Waals surface area (Å²) in [4.78, 5) is 30.8. The van der Waals surface area contributed by atoms with Crippen molar-refractivity contribution in [1.82, 2.24) is 24.8 Å². The van der Waals surface area contributed by atoms with Crippen molar-refractivity contribution in [1.29, 1.82) is 0 Å². The van der Waals surface area contributed by atoms with E-state index in [0.717, 1.165) is 55.0 Å². The number of aromatic amines is 1. The number of pyridine rings is 1. The van der Waals surface area contributed by atoms with Crippen LogP contribution in [-0.2, 0) is 0 Å². The lowest BCUT2D eigenvalue weighted by Gasteiger charge is -2.43. The van der Waals surface area contributed by atoms with Crippen molar-refractivity contribution < 1.29 is 14.3 Å². The average molecular weight is 515 g/mol. The Hall–Kier alpha value is -3.69. The van der Waals surface area contributed by atoms with E-state index in [9.17, 15) is 9.90 Å². The molecule has 0 radical (unpaired) electrons. The number of H-pyrrole nitrogens is 1. The highest BCUT2D eigenvalue weighted by molar-refractivity contribution is 5.94. The summed E-state index contributed by atoms with van der Waals surface area (Å²) >= 11 is 0.